The fourth-order valence-electron chi connectivity index (χ4n) is 2.34. The maximum atomic E-state index is 11.5. The molecule has 0 saturated carbocycles. The summed E-state index contributed by atoms with van der Waals surface area (Å²) in [5.41, 5.74) is 15.0. The molecule has 22 heavy (non-hydrogen) atoms. The molecule has 7 heteroatoms. The average Bonchev–Trinajstić information content (AvgIpc) is 2.46. The number of nitrogens with zero attached hydrogens (tertiary/aromatic N) is 1. The molecule has 1 aliphatic rings. The molecular weight excluding hydrogens is 300 g/mol. The van der Waals surface area contributed by atoms with Gasteiger partial charge in [0, 0.05) is 35.0 Å². The number of nitrogen functional groups attached to an aromatic ring is 1. The number of benzene rings is 2. The number of anilines is 2. The summed E-state index contributed by atoms with van der Waals surface area (Å²) >= 11 is 0. The Morgan fingerprint density at radius 1 is 1.14 bits per heavy atom. The fraction of sp³-hybridized carbons (Fsp3) is 0.133. The first kappa shape index (κ1) is 14.6. The highest BCUT2D eigenvalue weighted by Crippen LogP contribution is 2.31. The molecule has 5 N–H and O–H groups in total. The third-order valence-corrected chi connectivity index (χ3v) is 4.71. The molecule has 1 unspecified atom stereocenters. The fourth-order valence-corrected chi connectivity index (χ4v) is 2.97. The molecule has 0 fully saturated rings. The van der Waals surface area contributed by atoms with Gasteiger partial charge in [0.05, 0.1) is 4.90 Å². The zero-order chi connectivity index (χ0) is 16.0. The van der Waals surface area contributed by atoms with Crippen LogP contribution in [0.25, 0.3) is 0 Å². The molecule has 3 rings (SSSR count). The van der Waals surface area contributed by atoms with Gasteiger partial charge < -0.3 is 11.1 Å². The zero-order valence-electron chi connectivity index (χ0n) is 11.9. The molecule has 1 heterocycles. The van der Waals surface area contributed by atoms with E-state index in [2.05, 4.69) is 10.3 Å². The minimum Gasteiger partial charge on any atom is -0.398 e. The third kappa shape index (κ3) is 2.44. The smallest absolute Gasteiger partial charge is 0.209 e. The van der Waals surface area contributed by atoms with Gasteiger partial charge in [-0.05, 0) is 24.3 Å². The van der Waals surface area contributed by atoms with E-state index in [-0.39, 0.29) is 4.90 Å². The van der Waals surface area contributed by atoms with Gasteiger partial charge in [-0.3, -0.25) is 5.73 Å². The van der Waals surface area contributed by atoms with E-state index >= 15 is 0 Å². The minimum absolute atomic E-state index is 0.240. The van der Waals surface area contributed by atoms with Crippen molar-refractivity contribution in [2.24, 2.45) is 10.7 Å². The van der Waals surface area contributed by atoms with Gasteiger partial charge in [0.1, 0.15) is 0 Å². The lowest BCUT2D eigenvalue weighted by molar-refractivity contribution is 0.540. The number of hydrogen-bond acceptors (Lipinski definition) is 6. The second-order valence-corrected chi connectivity index (χ2v) is 7.27. The summed E-state index contributed by atoms with van der Waals surface area (Å²) in [5, 5.41) is 3.14. The van der Waals surface area contributed by atoms with Gasteiger partial charge >= 0.3 is 0 Å². The normalized spacial score (nSPS) is 20.3. The van der Waals surface area contributed by atoms with Gasteiger partial charge in [0.25, 0.3) is 0 Å². The van der Waals surface area contributed by atoms with Crippen LogP contribution in [-0.2, 0) is 15.6 Å². The molecule has 0 saturated heterocycles. The van der Waals surface area contributed by atoms with E-state index in [1.807, 2.05) is 12.1 Å². The van der Waals surface area contributed by atoms with Crippen molar-refractivity contribution < 1.29 is 8.42 Å². The molecule has 0 bridgehead atoms. The van der Waals surface area contributed by atoms with Crippen molar-refractivity contribution in [2.45, 2.75) is 10.7 Å². The van der Waals surface area contributed by atoms with Gasteiger partial charge in [-0.2, -0.15) is 0 Å². The van der Waals surface area contributed by atoms with E-state index in [9.17, 15) is 8.42 Å². The highest BCUT2D eigenvalue weighted by atomic mass is 32.2. The topological polar surface area (TPSA) is 111 Å². The Labute approximate surface area is 128 Å². The average molecular weight is 316 g/mol. The molecule has 1 aliphatic heterocycles. The third-order valence-electron chi connectivity index (χ3n) is 3.58. The Balaban J connectivity index is 2.00. The Hall–Kier alpha value is -2.38. The van der Waals surface area contributed by atoms with Gasteiger partial charge in [-0.15, -0.1) is 0 Å². The van der Waals surface area contributed by atoms with Crippen LogP contribution < -0.4 is 16.8 Å². The SMILES string of the molecule is CS(=O)(=O)c1ccc(C2(N)N=Cc3c(N)cccc3N2)cc1. The van der Waals surface area contributed by atoms with Crippen molar-refractivity contribution >= 4 is 27.4 Å². The quantitative estimate of drug-likeness (QED) is 0.723. The molecule has 1 atom stereocenters. The number of aliphatic imine (C=N–C) groups is 1. The number of nitrogens with one attached hydrogen (secondary N) is 1. The van der Waals surface area contributed by atoms with Crippen LogP contribution in [0.3, 0.4) is 0 Å². The highest BCUT2D eigenvalue weighted by molar-refractivity contribution is 7.90. The molecule has 0 radical (unpaired) electrons. The minimum atomic E-state index is -3.24. The molecule has 0 amide bonds. The monoisotopic (exact) mass is 316 g/mol. The lowest BCUT2D eigenvalue weighted by atomic mass is 10.0. The predicted molar refractivity (Wildman–Crippen MR) is 87.5 cm³/mol. The van der Waals surface area contributed by atoms with Crippen molar-refractivity contribution in [1.29, 1.82) is 0 Å². The summed E-state index contributed by atoms with van der Waals surface area (Å²) in [4.78, 5) is 4.58. The standard InChI is InChI=1S/C15H16N4O2S/c1-22(20,21)11-7-5-10(6-8-11)15(17)18-9-12-13(16)3-2-4-14(12)19-15/h2-9,19H,16-17H2,1H3. The van der Waals surface area contributed by atoms with Crippen molar-refractivity contribution in [1.82, 2.24) is 0 Å². The zero-order valence-corrected chi connectivity index (χ0v) is 12.8. The summed E-state index contributed by atoms with van der Waals surface area (Å²) in [6.45, 7) is 0. The Morgan fingerprint density at radius 3 is 2.45 bits per heavy atom. The van der Waals surface area contributed by atoms with E-state index in [1.165, 1.54) is 12.1 Å². The van der Waals surface area contributed by atoms with Crippen molar-refractivity contribution in [2.75, 3.05) is 17.3 Å². The lowest BCUT2D eigenvalue weighted by Gasteiger charge is -2.32. The van der Waals surface area contributed by atoms with E-state index < -0.39 is 15.6 Å². The van der Waals surface area contributed by atoms with Crippen LogP contribution in [0.5, 0.6) is 0 Å². The van der Waals surface area contributed by atoms with Crippen LogP contribution in [0.4, 0.5) is 11.4 Å². The molecule has 0 spiro atoms. The van der Waals surface area contributed by atoms with E-state index in [4.69, 9.17) is 11.5 Å². The lowest BCUT2D eigenvalue weighted by Crippen LogP contribution is -2.44. The van der Waals surface area contributed by atoms with Crippen LogP contribution >= 0.6 is 0 Å². The molecule has 2 aromatic rings. The number of fused-ring (bicyclic) bond motifs is 1. The van der Waals surface area contributed by atoms with E-state index in [0.717, 1.165) is 17.5 Å². The Kier molecular flexibility index (Phi) is 3.19. The Bertz CT molecular complexity index is 860. The van der Waals surface area contributed by atoms with Crippen LogP contribution in [0.15, 0.2) is 52.4 Å². The molecular formula is C15H16N4O2S. The first-order valence-electron chi connectivity index (χ1n) is 6.61. The van der Waals surface area contributed by atoms with Crippen LogP contribution in [-0.4, -0.2) is 20.9 Å². The molecule has 0 aliphatic carbocycles. The van der Waals surface area contributed by atoms with Gasteiger partial charge in [0.15, 0.2) is 9.84 Å². The first-order chi connectivity index (χ1) is 10.3. The van der Waals surface area contributed by atoms with Crippen LogP contribution in [0, 0.1) is 0 Å². The van der Waals surface area contributed by atoms with E-state index in [0.29, 0.717) is 11.3 Å². The Morgan fingerprint density at radius 2 is 1.82 bits per heavy atom. The maximum absolute atomic E-state index is 11.5. The second-order valence-electron chi connectivity index (χ2n) is 5.25. The summed E-state index contributed by atoms with van der Waals surface area (Å²) in [6, 6.07) is 11.8. The largest absolute Gasteiger partial charge is 0.398 e. The maximum Gasteiger partial charge on any atom is 0.209 e. The number of sulfone groups is 1. The van der Waals surface area contributed by atoms with Crippen molar-refractivity contribution in [3.8, 4) is 0 Å². The van der Waals surface area contributed by atoms with Gasteiger partial charge in [-0.1, -0.05) is 18.2 Å². The molecule has 0 aromatic heterocycles. The van der Waals surface area contributed by atoms with Crippen molar-refractivity contribution in [3.05, 3.63) is 53.6 Å². The molecule has 2 aromatic carbocycles. The van der Waals surface area contributed by atoms with E-state index in [1.54, 1.807) is 24.4 Å². The number of hydrogen-bond donors (Lipinski definition) is 3. The van der Waals surface area contributed by atoms with Crippen molar-refractivity contribution in [3.63, 3.8) is 0 Å². The summed E-state index contributed by atoms with van der Waals surface area (Å²) in [5.74, 6) is -1.16. The summed E-state index contributed by atoms with van der Waals surface area (Å²) in [6.07, 6.45) is 2.79. The van der Waals surface area contributed by atoms with Crippen LogP contribution in [0.2, 0.25) is 0 Å². The van der Waals surface area contributed by atoms with Gasteiger partial charge in [0.2, 0.25) is 5.79 Å². The predicted octanol–water partition coefficient (Wildman–Crippen LogP) is 1.29. The number of rotatable bonds is 2. The number of nitrogens with two attached hydrogens (primary N) is 2. The summed E-state index contributed by atoms with van der Waals surface area (Å²) in [7, 11) is -3.24. The molecule has 114 valence electrons. The molecule has 6 nitrogen and oxygen atoms in total. The highest BCUT2D eigenvalue weighted by Gasteiger charge is 2.30. The van der Waals surface area contributed by atoms with Crippen LogP contribution in [0.1, 0.15) is 11.1 Å². The van der Waals surface area contributed by atoms with Gasteiger partial charge in [-0.25, -0.2) is 13.4 Å². The first-order valence-corrected chi connectivity index (χ1v) is 8.50. The second kappa shape index (κ2) is 4.82. The summed E-state index contributed by atoms with van der Waals surface area (Å²) < 4.78 is 23.0.